The Kier molecular flexibility index (Phi) is 6.78. The Morgan fingerprint density at radius 3 is 2.16 bits per heavy atom. The van der Waals surface area contributed by atoms with Gasteiger partial charge in [-0.1, -0.05) is 49.2 Å². The summed E-state index contributed by atoms with van der Waals surface area (Å²) >= 11 is 12.2. The summed E-state index contributed by atoms with van der Waals surface area (Å²) in [4.78, 5) is 27.1. The third kappa shape index (κ3) is 4.57. The summed E-state index contributed by atoms with van der Waals surface area (Å²) < 4.78 is 28.4. The van der Waals surface area contributed by atoms with E-state index in [1.165, 1.54) is 18.2 Å². The summed E-state index contributed by atoms with van der Waals surface area (Å²) in [6.45, 7) is 9.09. The van der Waals surface area contributed by atoms with Gasteiger partial charge in [0.15, 0.2) is 0 Å². The number of halogens is 2. The Bertz CT molecular complexity index is 1160. The maximum atomic E-state index is 13.7. The maximum absolute atomic E-state index is 13.7. The molecule has 0 saturated carbocycles. The number of sulfonamides is 1. The highest BCUT2D eigenvalue weighted by Gasteiger charge is 2.51. The van der Waals surface area contributed by atoms with Gasteiger partial charge in [-0.25, -0.2) is 13.3 Å². The topological polar surface area (TPSA) is 74.8 Å². The van der Waals surface area contributed by atoms with Crippen LogP contribution in [0, 0.1) is 0 Å². The number of benzene rings is 2. The molecule has 0 N–H and O–H groups in total. The van der Waals surface area contributed by atoms with E-state index < -0.39 is 33.4 Å². The first-order chi connectivity index (χ1) is 14.7. The van der Waals surface area contributed by atoms with Crippen LogP contribution in [0.1, 0.15) is 52.5 Å². The zero-order chi connectivity index (χ0) is 24.0. The quantitative estimate of drug-likeness (QED) is 0.530. The molecule has 0 bridgehead atoms. The lowest BCUT2D eigenvalue weighted by Crippen LogP contribution is -2.54. The fourth-order valence-corrected chi connectivity index (χ4v) is 6.52. The largest absolute Gasteiger partial charge is 0.274 e. The second kappa shape index (κ2) is 8.78. The van der Waals surface area contributed by atoms with Crippen LogP contribution < -0.4 is 4.90 Å². The maximum Gasteiger partial charge on any atom is 0.252 e. The highest BCUT2D eigenvalue weighted by Crippen LogP contribution is 2.37. The smallest absolute Gasteiger partial charge is 0.252 e. The van der Waals surface area contributed by atoms with E-state index in [1.807, 2.05) is 26.0 Å². The fourth-order valence-electron chi connectivity index (χ4n) is 3.86. The molecule has 32 heavy (non-hydrogen) atoms. The van der Waals surface area contributed by atoms with Crippen LogP contribution in [0.25, 0.3) is 0 Å². The molecule has 0 aromatic heterocycles. The van der Waals surface area contributed by atoms with Gasteiger partial charge in [-0.05, 0) is 62.6 Å². The average Bonchev–Trinajstić information content (AvgIpc) is 2.96. The molecule has 0 spiro atoms. The van der Waals surface area contributed by atoms with Crippen molar-refractivity contribution in [2.24, 2.45) is 0 Å². The van der Waals surface area contributed by atoms with Crippen LogP contribution in [0.5, 0.6) is 0 Å². The zero-order valence-electron chi connectivity index (χ0n) is 18.6. The van der Waals surface area contributed by atoms with E-state index in [0.29, 0.717) is 11.6 Å². The van der Waals surface area contributed by atoms with E-state index in [4.69, 9.17) is 23.2 Å². The van der Waals surface area contributed by atoms with Crippen molar-refractivity contribution in [1.29, 1.82) is 0 Å². The number of imide groups is 1. The standard InChI is InChI=1S/C23H26Cl2N2O4S/c1-14(2)15-6-9-17(10-7-15)26-21(28)13-19(22(26)29)27(23(3,4)5)32(30,31)20-12-16(24)8-11-18(20)25/h6-12,14,19H,13H2,1-5H3. The SMILES string of the molecule is CC(C)c1ccc(N2C(=O)CC(N(C(C)(C)C)S(=O)(=O)c3cc(Cl)ccc3Cl)C2=O)cc1. The van der Waals surface area contributed by atoms with Crippen molar-refractivity contribution >= 4 is 50.7 Å². The molecule has 2 aromatic rings. The van der Waals surface area contributed by atoms with E-state index in [-0.39, 0.29) is 21.4 Å². The first kappa shape index (κ1) is 24.7. The molecule has 0 radical (unpaired) electrons. The van der Waals surface area contributed by atoms with Gasteiger partial charge in [0.1, 0.15) is 10.9 Å². The van der Waals surface area contributed by atoms with Gasteiger partial charge in [0.25, 0.3) is 5.91 Å². The number of nitrogens with zero attached hydrogens (tertiary/aromatic N) is 2. The van der Waals surface area contributed by atoms with Crippen molar-refractivity contribution < 1.29 is 18.0 Å². The van der Waals surface area contributed by atoms with Crippen LogP contribution in [0.4, 0.5) is 5.69 Å². The van der Waals surface area contributed by atoms with Crippen LogP contribution in [-0.2, 0) is 19.6 Å². The number of hydrogen-bond acceptors (Lipinski definition) is 4. The Hall–Kier alpha value is -1.93. The lowest BCUT2D eigenvalue weighted by atomic mass is 10.0. The molecule has 1 unspecified atom stereocenters. The molecule has 1 fully saturated rings. The molecule has 172 valence electrons. The predicted octanol–water partition coefficient (Wildman–Crippen LogP) is 5.24. The molecular weight excluding hydrogens is 471 g/mol. The minimum atomic E-state index is -4.26. The number of amides is 2. The average molecular weight is 497 g/mol. The lowest BCUT2D eigenvalue weighted by Gasteiger charge is -2.37. The van der Waals surface area contributed by atoms with Gasteiger partial charge in [0.2, 0.25) is 15.9 Å². The highest BCUT2D eigenvalue weighted by atomic mass is 35.5. The molecule has 6 nitrogen and oxygen atoms in total. The Morgan fingerprint density at radius 1 is 1.03 bits per heavy atom. The second-order valence-corrected chi connectivity index (χ2v) is 11.7. The van der Waals surface area contributed by atoms with Crippen molar-refractivity contribution in [2.45, 2.75) is 63.4 Å². The first-order valence-electron chi connectivity index (χ1n) is 10.2. The Morgan fingerprint density at radius 2 is 1.62 bits per heavy atom. The summed E-state index contributed by atoms with van der Waals surface area (Å²) in [5.41, 5.74) is 0.473. The van der Waals surface area contributed by atoms with Crippen molar-refractivity contribution in [3.8, 4) is 0 Å². The van der Waals surface area contributed by atoms with Crippen LogP contribution >= 0.6 is 23.2 Å². The van der Waals surface area contributed by atoms with Crippen LogP contribution in [-0.4, -0.2) is 36.1 Å². The third-order valence-electron chi connectivity index (χ3n) is 5.32. The number of anilines is 1. The van der Waals surface area contributed by atoms with Crippen molar-refractivity contribution in [1.82, 2.24) is 4.31 Å². The van der Waals surface area contributed by atoms with Gasteiger partial charge in [0, 0.05) is 10.6 Å². The van der Waals surface area contributed by atoms with Crippen LogP contribution in [0.2, 0.25) is 10.0 Å². The fraction of sp³-hybridized carbons (Fsp3) is 0.391. The number of carbonyl (C=O) groups excluding carboxylic acids is 2. The highest BCUT2D eigenvalue weighted by molar-refractivity contribution is 7.89. The van der Waals surface area contributed by atoms with E-state index >= 15 is 0 Å². The van der Waals surface area contributed by atoms with Gasteiger partial charge >= 0.3 is 0 Å². The molecule has 1 aliphatic heterocycles. The van der Waals surface area contributed by atoms with Crippen LogP contribution in [0.3, 0.4) is 0 Å². The van der Waals surface area contributed by atoms with Gasteiger partial charge in [-0.3, -0.25) is 9.59 Å². The molecular formula is C23H26Cl2N2O4S. The van der Waals surface area contributed by atoms with Gasteiger partial charge in [-0.2, -0.15) is 4.31 Å². The molecule has 1 atom stereocenters. The Labute approximate surface area is 199 Å². The second-order valence-electron chi connectivity index (χ2n) is 9.08. The Balaban J connectivity index is 2.05. The minimum Gasteiger partial charge on any atom is -0.274 e. The summed E-state index contributed by atoms with van der Waals surface area (Å²) in [6.07, 6.45) is -0.264. The summed E-state index contributed by atoms with van der Waals surface area (Å²) in [5.74, 6) is -0.756. The van der Waals surface area contributed by atoms with Crippen molar-refractivity contribution in [3.63, 3.8) is 0 Å². The van der Waals surface area contributed by atoms with E-state index in [0.717, 1.165) is 14.8 Å². The minimum absolute atomic E-state index is 0.0125. The normalized spacial score (nSPS) is 17.7. The monoisotopic (exact) mass is 496 g/mol. The molecule has 1 saturated heterocycles. The first-order valence-corrected chi connectivity index (χ1v) is 12.4. The number of carbonyl (C=O) groups is 2. The summed E-state index contributed by atoms with van der Waals surface area (Å²) in [5, 5.41) is 0.184. The van der Waals surface area contributed by atoms with Crippen molar-refractivity contribution in [2.75, 3.05) is 4.90 Å². The van der Waals surface area contributed by atoms with E-state index in [9.17, 15) is 18.0 Å². The zero-order valence-corrected chi connectivity index (χ0v) is 20.9. The molecule has 2 aromatic carbocycles. The van der Waals surface area contributed by atoms with E-state index in [2.05, 4.69) is 0 Å². The van der Waals surface area contributed by atoms with Crippen molar-refractivity contribution in [3.05, 3.63) is 58.1 Å². The molecule has 1 heterocycles. The van der Waals surface area contributed by atoms with E-state index in [1.54, 1.807) is 32.9 Å². The number of hydrogen-bond donors (Lipinski definition) is 0. The molecule has 1 aliphatic rings. The van der Waals surface area contributed by atoms with Gasteiger partial charge in [0.05, 0.1) is 17.1 Å². The van der Waals surface area contributed by atoms with Gasteiger partial charge in [-0.15, -0.1) is 0 Å². The molecule has 9 heteroatoms. The van der Waals surface area contributed by atoms with Crippen LogP contribution in [0.15, 0.2) is 47.4 Å². The summed E-state index contributed by atoms with van der Waals surface area (Å²) in [7, 11) is -4.26. The molecule has 3 rings (SSSR count). The third-order valence-corrected chi connectivity index (χ3v) is 8.21. The summed E-state index contributed by atoms with van der Waals surface area (Å²) in [6, 6.07) is 10.1. The molecule has 0 aliphatic carbocycles. The van der Waals surface area contributed by atoms with Gasteiger partial charge < -0.3 is 0 Å². The predicted molar refractivity (Wildman–Crippen MR) is 127 cm³/mol. The lowest BCUT2D eigenvalue weighted by molar-refractivity contribution is -0.122. The molecule has 2 amide bonds. The number of rotatable bonds is 5.